The van der Waals surface area contributed by atoms with Gasteiger partial charge in [-0.3, -0.25) is 0 Å². The van der Waals surface area contributed by atoms with Gasteiger partial charge in [0.25, 0.3) is 0 Å². The van der Waals surface area contributed by atoms with Gasteiger partial charge in [0, 0.05) is 0 Å². The SMILES string of the molecule is CC(Cc1ccc(-c2ccc(OC(=O)Oc3ccc(-c4ccc(CC(C)c5ccccc5)cc4)cc3)cc2)cc1)c1ccccc1. The molecule has 6 rings (SSSR count). The minimum Gasteiger partial charge on any atom is -0.395 e. The Morgan fingerprint density at radius 2 is 0.739 bits per heavy atom. The highest BCUT2D eigenvalue weighted by Crippen LogP contribution is 2.28. The van der Waals surface area contributed by atoms with Crippen molar-refractivity contribution in [3.05, 3.63) is 180 Å². The number of hydrogen-bond acceptors (Lipinski definition) is 3. The van der Waals surface area contributed by atoms with Crippen LogP contribution in [0.5, 0.6) is 11.5 Å². The molecular formula is C43H38O3. The van der Waals surface area contributed by atoms with Crippen molar-refractivity contribution >= 4 is 6.16 Å². The van der Waals surface area contributed by atoms with Gasteiger partial charge in [-0.15, -0.1) is 0 Å². The van der Waals surface area contributed by atoms with E-state index < -0.39 is 6.16 Å². The highest BCUT2D eigenvalue weighted by atomic mass is 16.7. The van der Waals surface area contributed by atoms with Crippen LogP contribution in [0.1, 0.15) is 47.9 Å². The molecule has 2 atom stereocenters. The standard InChI is InChI=1S/C43H38O3/c1-31(35-9-5-3-6-10-35)29-33-13-17-37(18-14-33)39-21-25-41(26-22-39)45-43(44)46-42-27-23-40(24-28-42)38-19-15-34(16-20-38)30-32(2)36-11-7-4-8-12-36/h3-28,31-32H,29-30H2,1-2H3. The summed E-state index contributed by atoms with van der Waals surface area (Å²) in [5.74, 6) is 1.78. The normalized spacial score (nSPS) is 12.2. The number of hydrogen-bond donors (Lipinski definition) is 0. The summed E-state index contributed by atoms with van der Waals surface area (Å²) in [7, 11) is 0. The van der Waals surface area contributed by atoms with Crippen molar-refractivity contribution in [1.29, 1.82) is 0 Å². The Labute approximate surface area is 272 Å². The van der Waals surface area contributed by atoms with Crippen molar-refractivity contribution in [3.8, 4) is 33.8 Å². The van der Waals surface area contributed by atoms with E-state index in [1.807, 2.05) is 24.3 Å². The third-order valence-electron chi connectivity index (χ3n) is 8.51. The molecule has 3 heteroatoms. The van der Waals surface area contributed by atoms with Crippen molar-refractivity contribution in [2.75, 3.05) is 0 Å². The Balaban J connectivity index is 0.993. The maximum absolute atomic E-state index is 12.5. The maximum atomic E-state index is 12.5. The van der Waals surface area contributed by atoms with Gasteiger partial charge in [0.1, 0.15) is 11.5 Å². The first kappa shape index (κ1) is 30.6. The van der Waals surface area contributed by atoms with E-state index >= 15 is 0 Å². The third-order valence-corrected chi connectivity index (χ3v) is 8.51. The molecule has 6 aromatic rings. The molecule has 3 nitrogen and oxygen atoms in total. The van der Waals surface area contributed by atoms with E-state index in [1.165, 1.54) is 22.3 Å². The summed E-state index contributed by atoms with van der Waals surface area (Å²) >= 11 is 0. The molecule has 0 radical (unpaired) electrons. The predicted molar refractivity (Wildman–Crippen MR) is 188 cm³/mol. The molecule has 228 valence electrons. The third kappa shape index (κ3) is 7.99. The zero-order valence-electron chi connectivity index (χ0n) is 26.3. The molecule has 0 fully saturated rings. The fourth-order valence-corrected chi connectivity index (χ4v) is 5.82. The largest absolute Gasteiger partial charge is 0.519 e. The monoisotopic (exact) mass is 602 g/mol. The van der Waals surface area contributed by atoms with Gasteiger partial charge in [0.2, 0.25) is 0 Å². The van der Waals surface area contributed by atoms with Crippen molar-refractivity contribution in [2.24, 2.45) is 0 Å². The van der Waals surface area contributed by atoms with Crippen molar-refractivity contribution in [3.63, 3.8) is 0 Å². The Morgan fingerprint density at radius 1 is 0.435 bits per heavy atom. The first-order valence-corrected chi connectivity index (χ1v) is 15.9. The summed E-state index contributed by atoms with van der Waals surface area (Å²) in [6.45, 7) is 4.52. The molecule has 0 saturated heterocycles. The van der Waals surface area contributed by atoms with Crippen LogP contribution in [0.15, 0.2) is 158 Å². The van der Waals surface area contributed by atoms with Gasteiger partial charge in [0.15, 0.2) is 0 Å². The van der Waals surface area contributed by atoms with Gasteiger partial charge >= 0.3 is 6.16 Å². The van der Waals surface area contributed by atoms with Crippen LogP contribution in [-0.2, 0) is 12.8 Å². The predicted octanol–water partition coefficient (Wildman–Crippen LogP) is 11.3. The highest BCUT2D eigenvalue weighted by Gasteiger charge is 2.11. The average molecular weight is 603 g/mol. The molecule has 0 heterocycles. The lowest BCUT2D eigenvalue weighted by atomic mass is 9.93. The summed E-state index contributed by atoms with van der Waals surface area (Å²) in [5, 5.41) is 0. The van der Waals surface area contributed by atoms with Gasteiger partial charge in [-0.25, -0.2) is 4.79 Å². The Kier molecular flexibility index (Phi) is 9.70. The Morgan fingerprint density at radius 3 is 1.07 bits per heavy atom. The van der Waals surface area contributed by atoms with Gasteiger partial charge in [0.05, 0.1) is 0 Å². The second-order valence-electron chi connectivity index (χ2n) is 11.9. The van der Waals surface area contributed by atoms with Gasteiger partial charge in [-0.1, -0.05) is 147 Å². The number of carbonyl (C=O) groups is 1. The molecule has 2 unspecified atom stereocenters. The topological polar surface area (TPSA) is 35.5 Å². The van der Waals surface area contributed by atoms with Crippen molar-refractivity contribution < 1.29 is 14.3 Å². The number of benzene rings is 6. The van der Waals surface area contributed by atoms with Crippen LogP contribution in [0.2, 0.25) is 0 Å². The van der Waals surface area contributed by atoms with E-state index in [-0.39, 0.29) is 0 Å². The van der Waals surface area contributed by atoms with Crippen LogP contribution in [-0.4, -0.2) is 6.16 Å². The van der Waals surface area contributed by atoms with E-state index in [2.05, 4.69) is 123 Å². The molecule has 0 amide bonds. The molecule has 46 heavy (non-hydrogen) atoms. The minimum absolute atomic E-state index is 0.431. The number of ether oxygens (including phenoxy) is 2. The van der Waals surface area contributed by atoms with Crippen LogP contribution >= 0.6 is 0 Å². The van der Waals surface area contributed by atoms with Crippen LogP contribution in [0.3, 0.4) is 0 Å². The highest BCUT2D eigenvalue weighted by molar-refractivity contribution is 5.70. The molecule has 0 spiro atoms. The van der Waals surface area contributed by atoms with Gasteiger partial charge < -0.3 is 9.47 Å². The maximum Gasteiger partial charge on any atom is 0.519 e. The van der Waals surface area contributed by atoms with Crippen LogP contribution in [0.4, 0.5) is 4.79 Å². The summed E-state index contributed by atoms with van der Waals surface area (Å²) in [4.78, 5) is 12.5. The van der Waals surface area contributed by atoms with E-state index in [0.717, 1.165) is 35.1 Å². The molecule has 0 bridgehead atoms. The summed E-state index contributed by atoms with van der Waals surface area (Å²) in [5.41, 5.74) is 9.64. The fourth-order valence-electron chi connectivity index (χ4n) is 5.82. The smallest absolute Gasteiger partial charge is 0.395 e. The molecule has 0 saturated carbocycles. The molecule has 0 aromatic heterocycles. The van der Waals surface area contributed by atoms with Crippen molar-refractivity contribution in [2.45, 2.75) is 38.5 Å². The summed E-state index contributed by atoms with van der Waals surface area (Å²) in [6, 6.07) is 53.5. The zero-order chi connectivity index (χ0) is 31.7. The Hall–Kier alpha value is -5.41. The number of carbonyl (C=O) groups excluding carboxylic acids is 1. The second kappa shape index (κ2) is 14.6. The van der Waals surface area contributed by atoms with E-state index in [9.17, 15) is 4.79 Å². The summed E-state index contributed by atoms with van der Waals surface area (Å²) < 4.78 is 10.9. The van der Waals surface area contributed by atoms with E-state index in [0.29, 0.717) is 23.3 Å². The quantitative estimate of drug-likeness (QED) is 0.116. The first-order valence-electron chi connectivity index (χ1n) is 15.9. The van der Waals surface area contributed by atoms with Crippen LogP contribution in [0.25, 0.3) is 22.3 Å². The van der Waals surface area contributed by atoms with E-state index in [4.69, 9.17) is 9.47 Å². The Bertz CT molecular complexity index is 1690. The lowest BCUT2D eigenvalue weighted by Crippen LogP contribution is -2.13. The van der Waals surface area contributed by atoms with Crippen LogP contribution < -0.4 is 9.47 Å². The molecular weight excluding hydrogens is 564 g/mol. The molecule has 0 aliphatic rings. The van der Waals surface area contributed by atoms with E-state index in [1.54, 1.807) is 24.3 Å². The lowest BCUT2D eigenvalue weighted by molar-refractivity contribution is 0.152. The second-order valence-corrected chi connectivity index (χ2v) is 11.9. The molecule has 0 aliphatic carbocycles. The molecule has 6 aromatic carbocycles. The average Bonchev–Trinajstić information content (AvgIpc) is 3.10. The zero-order valence-corrected chi connectivity index (χ0v) is 26.3. The lowest BCUT2D eigenvalue weighted by Gasteiger charge is -2.12. The fraction of sp³-hybridized carbons (Fsp3) is 0.140. The summed E-state index contributed by atoms with van der Waals surface area (Å²) in [6.07, 6.45) is 1.21. The minimum atomic E-state index is -0.769. The first-order chi connectivity index (χ1) is 22.5. The molecule has 0 aliphatic heterocycles. The van der Waals surface area contributed by atoms with Gasteiger partial charge in [-0.2, -0.15) is 0 Å². The van der Waals surface area contributed by atoms with Crippen LogP contribution in [0, 0.1) is 0 Å². The van der Waals surface area contributed by atoms with Gasteiger partial charge in [-0.05, 0) is 93.5 Å². The number of rotatable bonds is 10. The molecule has 0 N–H and O–H groups in total. The van der Waals surface area contributed by atoms with Crippen molar-refractivity contribution in [1.82, 2.24) is 0 Å².